The second-order valence-electron chi connectivity index (χ2n) is 1.56. The molecule has 0 atom stereocenters. The first-order chi connectivity index (χ1) is 4.31. The van der Waals surface area contributed by atoms with Gasteiger partial charge in [0, 0.05) is 0 Å². The fraction of sp³-hybridized carbons (Fsp3) is 0.250. The SMILES string of the molecule is O=C1OC2(N=CC=N2)O1. The lowest BCUT2D eigenvalue weighted by molar-refractivity contribution is -0.257. The van der Waals surface area contributed by atoms with Crippen LogP contribution in [-0.2, 0) is 9.47 Å². The maximum atomic E-state index is 10.1. The number of ether oxygens (including phenoxy) is 2. The number of hydrogen-bond donors (Lipinski definition) is 0. The highest BCUT2D eigenvalue weighted by Gasteiger charge is 2.50. The number of carbonyl (C=O) groups is 1. The first-order valence-electron chi connectivity index (χ1n) is 2.32. The van der Waals surface area contributed by atoms with Gasteiger partial charge in [0.05, 0.1) is 12.4 Å². The molecule has 5 nitrogen and oxygen atoms in total. The standard InChI is InChI=1S/C4H2N2O3/c7-3-8-4(9-3)5-1-2-6-4/h1-2H. The zero-order valence-corrected chi connectivity index (χ0v) is 4.27. The van der Waals surface area contributed by atoms with Crippen LogP contribution in [-0.4, -0.2) is 24.6 Å². The monoisotopic (exact) mass is 126 g/mol. The van der Waals surface area contributed by atoms with Crippen LogP contribution in [0.25, 0.3) is 0 Å². The van der Waals surface area contributed by atoms with Gasteiger partial charge in [0.2, 0.25) is 0 Å². The molecule has 1 spiro atoms. The number of rotatable bonds is 0. The Bertz CT molecular complexity index is 198. The van der Waals surface area contributed by atoms with Crippen LogP contribution in [0, 0.1) is 0 Å². The summed E-state index contributed by atoms with van der Waals surface area (Å²) >= 11 is 0. The highest BCUT2D eigenvalue weighted by atomic mass is 16.9. The average Bonchev–Trinajstić information content (AvgIpc) is 2.12. The normalized spacial score (nSPS) is 25.6. The van der Waals surface area contributed by atoms with Crippen molar-refractivity contribution in [2.24, 2.45) is 9.98 Å². The topological polar surface area (TPSA) is 60.2 Å². The Morgan fingerprint density at radius 3 is 2.33 bits per heavy atom. The van der Waals surface area contributed by atoms with E-state index in [1.165, 1.54) is 12.4 Å². The van der Waals surface area contributed by atoms with Crippen molar-refractivity contribution in [2.75, 3.05) is 0 Å². The van der Waals surface area contributed by atoms with Crippen molar-refractivity contribution >= 4 is 18.6 Å². The molecule has 0 aromatic carbocycles. The zero-order valence-electron chi connectivity index (χ0n) is 4.27. The molecule has 1 fully saturated rings. The van der Waals surface area contributed by atoms with Crippen molar-refractivity contribution in [3.05, 3.63) is 0 Å². The van der Waals surface area contributed by atoms with Gasteiger partial charge in [-0.1, -0.05) is 0 Å². The molecular formula is C4H2N2O3. The van der Waals surface area contributed by atoms with Gasteiger partial charge in [-0.3, -0.25) is 0 Å². The van der Waals surface area contributed by atoms with Gasteiger partial charge in [-0.15, -0.1) is 0 Å². The summed E-state index contributed by atoms with van der Waals surface area (Å²) in [5.74, 6) is 0. The van der Waals surface area contributed by atoms with Crippen molar-refractivity contribution in [1.82, 2.24) is 0 Å². The van der Waals surface area contributed by atoms with Crippen molar-refractivity contribution < 1.29 is 14.3 Å². The first-order valence-corrected chi connectivity index (χ1v) is 2.32. The lowest BCUT2D eigenvalue weighted by Crippen LogP contribution is -2.45. The molecule has 2 heterocycles. The first kappa shape index (κ1) is 4.49. The summed E-state index contributed by atoms with van der Waals surface area (Å²) < 4.78 is 8.86. The quantitative estimate of drug-likeness (QED) is 0.426. The van der Waals surface area contributed by atoms with E-state index in [4.69, 9.17) is 0 Å². The second-order valence-corrected chi connectivity index (χ2v) is 1.56. The fourth-order valence-corrected chi connectivity index (χ4v) is 0.619. The van der Waals surface area contributed by atoms with Crippen LogP contribution in [0.2, 0.25) is 0 Å². The maximum Gasteiger partial charge on any atom is 0.520 e. The van der Waals surface area contributed by atoms with E-state index in [9.17, 15) is 4.79 Å². The van der Waals surface area contributed by atoms with Crippen LogP contribution in [0.3, 0.4) is 0 Å². The third-order valence-electron chi connectivity index (χ3n) is 0.975. The molecule has 0 amide bonds. The summed E-state index contributed by atoms with van der Waals surface area (Å²) in [6.45, 7) is 0. The van der Waals surface area contributed by atoms with E-state index in [0.717, 1.165) is 0 Å². The second kappa shape index (κ2) is 1.12. The highest BCUT2D eigenvalue weighted by molar-refractivity contribution is 6.17. The number of carbonyl (C=O) groups excluding carboxylic acids is 1. The van der Waals surface area contributed by atoms with E-state index in [0.29, 0.717) is 0 Å². The summed E-state index contributed by atoms with van der Waals surface area (Å²) in [7, 11) is 0. The molecular weight excluding hydrogens is 124 g/mol. The summed E-state index contributed by atoms with van der Waals surface area (Å²) in [4.78, 5) is 17.3. The van der Waals surface area contributed by atoms with E-state index >= 15 is 0 Å². The van der Waals surface area contributed by atoms with Crippen LogP contribution in [0.15, 0.2) is 9.98 Å². The molecule has 2 aliphatic rings. The molecule has 0 aromatic rings. The van der Waals surface area contributed by atoms with Gasteiger partial charge < -0.3 is 9.47 Å². The predicted molar refractivity (Wildman–Crippen MR) is 27.3 cm³/mol. The van der Waals surface area contributed by atoms with Crippen LogP contribution in [0.1, 0.15) is 0 Å². The van der Waals surface area contributed by atoms with Gasteiger partial charge in [-0.25, -0.2) is 4.79 Å². The molecule has 0 N–H and O–H groups in total. The predicted octanol–water partition coefficient (Wildman–Crippen LogP) is -0.0803. The lowest BCUT2D eigenvalue weighted by atomic mass is 10.8. The van der Waals surface area contributed by atoms with Gasteiger partial charge in [0.1, 0.15) is 0 Å². The van der Waals surface area contributed by atoms with E-state index in [1.807, 2.05) is 0 Å². The fourth-order valence-electron chi connectivity index (χ4n) is 0.619. The zero-order chi connectivity index (χ0) is 6.32. The summed E-state index contributed by atoms with van der Waals surface area (Å²) in [6.07, 6.45) is 2.09. The Balaban J connectivity index is 2.21. The minimum atomic E-state index is -1.32. The molecule has 0 aromatic heterocycles. The molecule has 9 heavy (non-hydrogen) atoms. The van der Waals surface area contributed by atoms with Crippen molar-refractivity contribution in [2.45, 2.75) is 6.03 Å². The van der Waals surface area contributed by atoms with E-state index < -0.39 is 12.2 Å². The summed E-state index contributed by atoms with van der Waals surface area (Å²) in [5.41, 5.74) is 0. The minimum Gasteiger partial charge on any atom is -0.350 e. The van der Waals surface area contributed by atoms with Gasteiger partial charge in [0.15, 0.2) is 0 Å². The smallest absolute Gasteiger partial charge is 0.350 e. The Kier molecular flexibility index (Phi) is 0.560. The van der Waals surface area contributed by atoms with Gasteiger partial charge in [0.25, 0.3) is 0 Å². The molecule has 0 saturated carbocycles. The molecule has 0 bridgehead atoms. The van der Waals surface area contributed by atoms with Crippen LogP contribution >= 0.6 is 0 Å². The Hall–Kier alpha value is -1.39. The van der Waals surface area contributed by atoms with E-state index in [1.54, 1.807) is 0 Å². The molecule has 2 aliphatic heterocycles. The molecule has 0 radical (unpaired) electrons. The van der Waals surface area contributed by atoms with Gasteiger partial charge in [-0.2, -0.15) is 9.98 Å². The molecule has 0 unspecified atom stereocenters. The maximum absolute atomic E-state index is 10.1. The van der Waals surface area contributed by atoms with Crippen LogP contribution in [0.4, 0.5) is 4.79 Å². The third kappa shape index (κ3) is 0.453. The number of aliphatic imine (C=N–C) groups is 2. The third-order valence-corrected chi connectivity index (χ3v) is 0.975. The van der Waals surface area contributed by atoms with E-state index in [-0.39, 0.29) is 0 Å². The minimum absolute atomic E-state index is 0.730. The molecule has 2 rings (SSSR count). The van der Waals surface area contributed by atoms with Gasteiger partial charge in [-0.05, 0) is 0 Å². The Morgan fingerprint density at radius 1 is 1.33 bits per heavy atom. The lowest BCUT2D eigenvalue weighted by Gasteiger charge is -2.28. The van der Waals surface area contributed by atoms with Crippen molar-refractivity contribution in [3.63, 3.8) is 0 Å². The van der Waals surface area contributed by atoms with E-state index in [2.05, 4.69) is 19.5 Å². The summed E-state index contributed by atoms with van der Waals surface area (Å²) in [5, 5.41) is 0. The molecule has 5 heteroatoms. The van der Waals surface area contributed by atoms with Crippen LogP contribution in [0.5, 0.6) is 0 Å². The highest BCUT2D eigenvalue weighted by Crippen LogP contribution is 2.28. The summed E-state index contributed by atoms with van der Waals surface area (Å²) in [6, 6.07) is -1.32. The molecule has 0 aliphatic carbocycles. The molecule has 46 valence electrons. The van der Waals surface area contributed by atoms with Crippen molar-refractivity contribution in [1.29, 1.82) is 0 Å². The average molecular weight is 126 g/mol. The molecule has 1 saturated heterocycles. The Morgan fingerprint density at radius 2 is 1.89 bits per heavy atom. The largest absolute Gasteiger partial charge is 0.520 e. The van der Waals surface area contributed by atoms with Crippen LogP contribution < -0.4 is 0 Å². The van der Waals surface area contributed by atoms with Gasteiger partial charge >= 0.3 is 12.2 Å². The van der Waals surface area contributed by atoms with Crippen molar-refractivity contribution in [3.8, 4) is 0 Å². The Labute approximate surface area is 50.0 Å². The number of nitrogens with zero attached hydrogens (tertiary/aromatic N) is 2. The number of hydrogen-bond acceptors (Lipinski definition) is 5.